The molecule has 1 aliphatic rings. The van der Waals surface area contributed by atoms with Gasteiger partial charge in [-0.15, -0.1) is 23.2 Å². The first-order chi connectivity index (χ1) is 17.2. The first-order valence-corrected chi connectivity index (χ1v) is 11.7. The lowest BCUT2D eigenvalue weighted by molar-refractivity contribution is -0.140. The molecule has 2 atom stereocenters. The molecule has 0 heterocycles. The molecule has 3 aromatic rings. The lowest BCUT2D eigenvalue weighted by Crippen LogP contribution is -2.18. The maximum absolute atomic E-state index is 14.6. The molecule has 4 rings (SSSR count). The molecule has 0 spiro atoms. The number of alkyl halides is 5. The van der Waals surface area contributed by atoms with E-state index in [1.54, 1.807) is 0 Å². The molecule has 12 heteroatoms. The van der Waals surface area contributed by atoms with E-state index in [-0.39, 0.29) is 22.6 Å². The maximum Gasteiger partial charge on any atom is 0.419 e. The molecule has 0 aromatic heterocycles. The van der Waals surface area contributed by atoms with Crippen LogP contribution < -0.4 is 5.32 Å². The van der Waals surface area contributed by atoms with Crippen molar-refractivity contribution in [1.82, 2.24) is 0 Å². The van der Waals surface area contributed by atoms with Crippen molar-refractivity contribution in [2.75, 3.05) is 5.32 Å². The molecule has 3 aromatic carbocycles. The van der Waals surface area contributed by atoms with Gasteiger partial charge in [0.1, 0.15) is 21.8 Å². The zero-order valence-electron chi connectivity index (χ0n) is 18.3. The van der Waals surface area contributed by atoms with Crippen LogP contribution in [0.3, 0.4) is 0 Å². The summed E-state index contributed by atoms with van der Waals surface area (Å²) in [5.41, 5.74) is -1.79. The third-order valence-electron chi connectivity index (χ3n) is 5.88. The van der Waals surface area contributed by atoms with E-state index in [0.717, 1.165) is 30.3 Å². The van der Waals surface area contributed by atoms with Crippen molar-refractivity contribution in [3.8, 4) is 0 Å². The van der Waals surface area contributed by atoms with Crippen LogP contribution in [0.2, 0.25) is 5.02 Å². The number of amides is 1. The number of carbonyl (C=O) groups excluding carboxylic acids is 2. The SMILES string of the molecule is O=C(Cc1ccc(F)cc1)c1cc(NC(=O)[C@H]2[C@H](c3ccc(F)c(C(F)(F)F)c3)C2(Cl)Cl)c(F)cc1Cl. The van der Waals surface area contributed by atoms with Gasteiger partial charge in [-0.3, -0.25) is 9.59 Å². The van der Waals surface area contributed by atoms with Gasteiger partial charge in [-0.1, -0.05) is 29.8 Å². The predicted molar refractivity (Wildman–Crippen MR) is 127 cm³/mol. The average Bonchev–Trinajstić information content (AvgIpc) is 3.38. The van der Waals surface area contributed by atoms with Crippen LogP contribution in [-0.4, -0.2) is 16.0 Å². The summed E-state index contributed by atoms with van der Waals surface area (Å²) in [6.07, 6.45) is -5.18. The zero-order chi connectivity index (χ0) is 27.3. The van der Waals surface area contributed by atoms with Gasteiger partial charge in [-0.2, -0.15) is 13.2 Å². The maximum atomic E-state index is 14.6. The van der Waals surface area contributed by atoms with Crippen LogP contribution in [0.1, 0.15) is 33.0 Å². The van der Waals surface area contributed by atoms with Gasteiger partial charge in [0.25, 0.3) is 0 Å². The average molecular weight is 581 g/mol. The van der Waals surface area contributed by atoms with Gasteiger partial charge in [0.05, 0.1) is 22.2 Å². The minimum Gasteiger partial charge on any atom is -0.323 e. The number of halogens is 9. The van der Waals surface area contributed by atoms with Crippen LogP contribution in [0.5, 0.6) is 0 Å². The van der Waals surface area contributed by atoms with Gasteiger partial charge >= 0.3 is 6.18 Å². The highest BCUT2D eigenvalue weighted by Crippen LogP contribution is 2.65. The minimum atomic E-state index is -4.99. The van der Waals surface area contributed by atoms with Gasteiger partial charge in [-0.05, 0) is 47.5 Å². The van der Waals surface area contributed by atoms with Gasteiger partial charge in [-0.25, -0.2) is 13.2 Å². The van der Waals surface area contributed by atoms with E-state index < -0.39 is 62.7 Å². The van der Waals surface area contributed by atoms with E-state index in [9.17, 15) is 35.9 Å². The summed E-state index contributed by atoms with van der Waals surface area (Å²) < 4.78 is 78.8. The Morgan fingerprint density at radius 2 is 1.57 bits per heavy atom. The lowest BCUT2D eigenvalue weighted by atomic mass is 10.0. The van der Waals surface area contributed by atoms with Gasteiger partial charge in [0.2, 0.25) is 5.91 Å². The van der Waals surface area contributed by atoms with Crippen molar-refractivity contribution < 1.29 is 35.9 Å². The number of hydrogen-bond acceptors (Lipinski definition) is 2. The normalized spacial score (nSPS) is 18.4. The Kier molecular flexibility index (Phi) is 7.27. The standard InChI is InChI=1S/C25H14Cl3F6NO2/c26-16-10-18(31)19(9-14(16)20(36)7-11-1-4-13(29)5-2-11)35-23(37)22-21(24(22,27)28)12-3-6-17(30)15(8-12)25(32,33)34/h1-6,8-10,21-22H,7H2,(H,35,37)/t21-,22+/m0/s1. The molecular weight excluding hydrogens is 567 g/mol. The summed E-state index contributed by atoms with van der Waals surface area (Å²) in [6.45, 7) is 0. The lowest BCUT2D eigenvalue weighted by Gasteiger charge is -2.11. The van der Waals surface area contributed by atoms with E-state index in [1.807, 2.05) is 0 Å². The largest absolute Gasteiger partial charge is 0.419 e. The topological polar surface area (TPSA) is 46.2 Å². The molecule has 0 radical (unpaired) electrons. The molecule has 1 amide bonds. The summed E-state index contributed by atoms with van der Waals surface area (Å²) in [4.78, 5) is 25.6. The quantitative estimate of drug-likeness (QED) is 0.184. The summed E-state index contributed by atoms with van der Waals surface area (Å²) in [5, 5.41) is 2.00. The predicted octanol–water partition coefficient (Wildman–Crippen LogP) is 7.73. The summed E-state index contributed by atoms with van der Waals surface area (Å²) in [5.74, 6) is -6.94. The Labute approximate surface area is 221 Å². The molecule has 1 saturated carbocycles. The first-order valence-electron chi connectivity index (χ1n) is 10.5. The Morgan fingerprint density at radius 3 is 2.19 bits per heavy atom. The summed E-state index contributed by atoms with van der Waals surface area (Å²) >= 11 is 18.3. The summed E-state index contributed by atoms with van der Waals surface area (Å²) in [7, 11) is 0. The molecule has 1 aliphatic carbocycles. The Morgan fingerprint density at radius 1 is 0.919 bits per heavy atom. The smallest absolute Gasteiger partial charge is 0.323 e. The van der Waals surface area contributed by atoms with Crippen molar-refractivity contribution in [2.24, 2.45) is 5.92 Å². The number of ketones is 1. The van der Waals surface area contributed by atoms with E-state index in [2.05, 4.69) is 5.32 Å². The number of anilines is 1. The van der Waals surface area contributed by atoms with E-state index in [1.165, 1.54) is 12.1 Å². The Hall–Kier alpha value is -2.75. The number of Topliss-reactive ketones (excluding diaryl/α,β-unsaturated/α-hetero) is 1. The molecule has 0 saturated heterocycles. The van der Waals surface area contributed by atoms with Crippen molar-refractivity contribution in [3.05, 3.63) is 99.3 Å². The third kappa shape index (κ3) is 5.58. The number of nitrogens with one attached hydrogen (secondary N) is 1. The molecule has 0 bridgehead atoms. The van der Waals surface area contributed by atoms with Gasteiger partial charge in [0.15, 0.2) is 5.78 Å². The van der Waals surface area contributed by atoms with Crippen LogP contribution in [0.25, 0.3) is 0 Å². The van der Waals surface area contributed by atoms with Gasteiger partial charge in [0, 0.05) is 17.9 Å². The second-order valence-corrected chi connectivity index (χ2v) is 10.2. The van der Waals surface area contributed by atoms with Gasteiger partial charge < -0.3 is 5.32 Å². The monoisotopic (exact) mass is 579 g/mol. The van der Waals surface area contributed by atoms with Crippen molar-refractivity contribution >= 4 is 52.2 Å². The third-order valence-corrected chi connectivity index (χ3v) is 7.14. The number of rotatable bonds is 6. The second kappa shape index (κ2) is 9.85. The van der Waals surface area contributed by atoms with Crippen molar-refractivity contribution in [2.45, 2.75) is 22.8 Å². The van der Waals surface area contributed by atoms with Crippen LogP contribution in [0, 0.1) is 23.4 Å². The Balaban J connectivity index is 1.56. The zero-order valence-corrected chi connectivity index (χ0v) is 20.5. The minimum absolute atomic E-state index is 0.133. The molecule has 0 aliphatic heterocycles. The van der Waals surface area contributed by atoms with Crippen molar-refractivity contribution in [3.63, 3.8) is 0 Å². The molecule has 37 heavy (non-hydrogen) atoms. The van der Waals surface area contributed by atoms with Crippen LogP contribution in [0.15, 0.2) is 54.6 Å². The second-order valence-electron chi connectivity index (χ2n) is 8.39. The fourth-order valence-electron chi connectivity index (χ4n) is 3.97. The van der Waals surface area contributed by atoms with E-state index in [4.69, 9.17) is 34.8 Å². The van der Waals surface area contributed by atoms with E-state index in [0.29, 0.717) is 17.7 Å². The van der Waals surface area contributed by atoms with Crippen LogP contribution in [0.4, 0.5) is 32.0 Å². The highest BCUT2D eigenvalue weighted by Gasteiger charge is 2.67. The van der Waals surface area contributed by atoms with E-state index >= 15 is 0 Å². The number of carbonyl (C=O) groups is 2. The Bertz CT molecular complexity index is 1390. The number of benzene rings is 3. The molecule has 0 unspecified atom stereocenters. The highest BCUT2D eigenvalue weighted by atomic mass is 35.5. The number of hydrogen-bond donors (Lipinski definition) is 1. The molecule has 194 valence electrons. The highest BCUT2D eigenvalue weighted by molar-refractivity contribution is 6.53. The molecule has 1 N–H and O–H groups in total. The summed E-state index contributed by atoms with van der Waals surface area (Å²) in [6, 6.07) is 9.05. The molecule has 3 nitrogen and oxygen atoms in total. The fraction of sp³-hybridized carbons (Fsp3) is 0.200. The molecule has 1 fully saturated rings. The fourth-order valence-corrected chi connectivity index (χ4v) is 5.06. The molecular formula is C25H14Cl3F6NO2. The van der Waals surface area contributed by atoms with Crippen LogP contribution >= 0.6 is 34.8 Å². The first kappa shape index (κ1) is 27.3. The van der Waals surface area contributed by atoms with Crippen molar-refractivity contribution in [1.29, 1.82) is 0 Å². The van der Waals surface area contributed by atoms with Crippen LogP contribution in [-0.2, 0) is 17.4 Å².